The SMILES string of the molecule is CCC(C)CC(C)NC(=O)NC(CC(=O)O)C(C)(C)C. The molecular formula is C15H30N2O3. The van der Waals surface area contributed by atoms with Gasteiger partial charge in [-0.15, -0.1) is 0 Å². The van der Waals surface area contributed by atoms with E-state index in [1.807, 2.05) is 27.7 Å². The molecule has 0 bridgehead atoms. The van der Waals surface area contributed by atoms with Crippen LogP contribution in [0.2, 0.25) is 0 Å². The van der Waals surface area contributed by atoms with Crippen LogP contribution in [-0.4, -0.2) is 29.2 Å². The Morgan fingerprint density at radius 3 is 2.10 bits per heavy atom. The smallest absolute Gasteiger partial charge is 0.315 e. The summed E-state index contributed by atoms with van der Waals surface area (Å²) in [6.07, 6.45) is 1.93. The molecule has 3 atom stereocenters. The molecule has 2 amide bonds. The Kier molecular flexibility index (Phi) is 7.61. The minimum atomic E-state index is -0.905. The number of amides is 2. The number of hydrogen-bond acceptors (Lipinski definition) is 2. The number of carbonyl (C=O) groups excluding carboxylic acids is 1. The van der Waals surface area contributed by atoms with Crippen molar-refractivity contribution in [3.05, 3.63) is 0 Å². The van der Waals surface area contributed by atoms with Crippen LogP contribution in [0.1, 0.15) is 60.8 Å². The number of carboxylic acid groups (broad SMARTS) is 1. The van der Waals surface area contributed by atoms with Gasteiger partial charge in [0.25, 0.3) is 0 Å². The van der Waals surface area contributed by atoms with Gasteiger partial charge in [-0.05, 0) is 24.7 Å². The van der Waals surface area contributed by atoms with Crippen molar-refractivity contribution < 1.29 is 14.7 Å². The first kappa shape index (κ1) is 18.7. The number of rotatable bonds is 7. The molecule has 0 rings (SSSR count). The third kappa shape index (κ3) is 8.02. The number of hydrogen-bond donors (Lipinski definition) is 3. The zero-order valence-corrected chi connectivity index (χ0v) is 13.6. The first-order valence-electron chi connectivity index (χ1n) is 7.35. The van der Waals surface area contributed by atoms with E-state index in [9.17, 15) is 9.59 Å². The molecule has 5 nitrogen and oxygen atoms in total. The van der Waals surface area contributed by atoms with Gasteiger partial charge in [-0.3, -0.25) is 4.79 Å². The Morgan fingerprint density at radius 1 is 1.15 bits per heavy atom. The van der Waals surface area contributed by atoms with Gasteiger partial charge in [-0.1, -0.05) is 41.0 Å². The Morgan fingerprint density at radius 2 is 1.70 bits per heavy atom. The van der Waals surface area contributed by atoms with E-state index in [0.717, 1.165) is 12.8 Å². The van der Waals surface area contributed by atoms with Crippen LogP contribution in [0.3, 0.4) is 0 Å². The standard InChI is InChI=1S/C15H30N2O3/c1-7-10(2)8-11(3)16-14(20)17-12(9-13(18)19)15(4,5)6/h10-12H,7-9H2,1-6H3,(H,18,19)(H2,16,17,20). The molecule has 0 saturated carbocycles. The largest absolute Gasteiger partial charge is 0.481 e. The average Bonchev–Trinajstić information content (AvgIpc) is 2.25. The van der Waals surface area contributed by atoms with Crippen molar-refractivity contribution in [1.29, 1.82) is 0 Å². The molecule has 0 spiro atoms. The lowest BCUT2D eigenvalue weighted by molar-refractivity contribution is -0.138. The number of nitrogens with one attached hydrogen (secondary N) is 2. The van der Waals surface area contributed by atoms with Crippen LogP contribution in [0.15, 0.2) is 0 Å². The van der Waals surface area contributed by atoms with Gasteiger partial charge in [0, 0.05) is 12.1 Å². The number of urea groups is 1. The van der Waals surface area contributed by atoms with E-state index in [4.69, 9.17) is 5.11 Å². The zero-order valence-electron chi connectivity index (χ0n) is 13.6. The van der Waals surface area contributed by atoms with Gasteiger partial charge in [-0.25, -0.2) is 4.79 Å². The van der Waals surface area contributed by atoms with Crippen molar-refractivity contribution in [1.82, 2.24) is 10.6 Å². The summed E-state index contributed by atoms with van der Waals surface area (Å²) >= 11 is 0. The Balaban J connectivity index is 4.43. The molecule has 3 unspecified atom stereocenters. The summed E-state index contributed by atoms with van der Waals surface area (Å²) in [5, 5.41) is 14.6. The molecule has 0 radical (unpaired) electrons. The summed E-state index contributed by atoms with van der Waals surface area (Å²) < 4.78 is 0. The topological polar surface area (TPSA) is 78.4 Å². The summed E-state index contributed by atoms with van der Waals surface area (Å²) in [4.78, 5) is 22.8. The minimum Gasteiger partial charge on any atom is -0.481 e. The summed E-state index contributed by atoms with van der Waals surface area (Å²) in [5.41, 5.74) is -0.296. The van der Waals surface area contributed by atoms with E-state index in [1.165, 1.54) is 0 Å². The molecular weight excluding hydrogens is 256 g/mol. The molecule has 0 aromatic heterocycles. The third-order valence-electron chi connectivity index (χ3n) is 3.56. The van der Waals surface area contributed by atoms with E-state index in [-0.39, 0.29) is 23.9 Å². The molecule has 20 heavy (non-hydrogen) atoms. The quantitative estimate of drug-likeness (QED) is 0.673. The lowest BCUT2D eigenvalue weighted by Crippen LogP contribution is -2.51. The van der Waals surface area contributed by atoms with Crippen molar-refractivity contribution in [3.8, 4) is 0 Å². The van der Waals surface area contributed by atoms with Crippen LogP contribution in [0.4, 0.5) is 4.79 Å². The molecule has 0 saturated heterocycles. The van der Waals surface area contributed by atoms with E-state index in [1.54, 1.807) is 0 Å². The first-order valence-corrected chi connectivity index (χ1v) is 7.35. The molecule has 0 aliphatic heterocycles. The maximum atomic E-state index is 11.9. The number of carbonyl (C=O) groups is 2. The van der Waals surface area contributed by atoms with Crippen molar-refractivity contribution in [2.24, 2.45) is 11.3 Å². The monoisotopic (exact) mass is 286 g/mol. The van der Waals surface area contributed by atoms with E-state index in [0.29, 0.717) is 5.92 Å². The van der Waals surface area contributed by atoms with Crippen molar-refractivity contribution in [2.75, 3.05) is 0 Å². The normalized spacial score (nSPS) is 16.1. The van der Waals surface area contributed by atoms with Gasteiger partial charge in [0.15, 0.2) is 0 Å². The third-order valence-corrected chi connectivity index (χ3v) is 3.56. The van der Waals surface area contributed by atoms with Crippen LogP contribution < -0.4 is 10.6 Å². The van der Waals surface area contributed by atoms with Gasteiger partial charge in [0.2, 0.25) is 0 Å². The Labute approximate surface area is 122 Å². The zero-order chi connectivity index (χ0) is 15.9. The lowest BCUT2D eigenvalue weighted by Gasteiger charge is -2.31. The second-order valence-electron chi connectivity index (χ2n) is 6.78. The summed E-state index contributed by atoms with van der Waals surface area (Å²) in [6, 6.07) is -0.604. The number of aliphatic carboxylic acids is 1. The first-order chi connectivity index (χ1) is 9.06. The van der Waals surface area contributed by atoms with Gasteiger partial charge in [0.05, 0.1) is 6.42 Å². The molecule has 0 aromatic rings. The van der Waals surface area contributed by atoms with Gasteiger partial charge in [0.1, 0.15) is 0 Å². The lowest BCUT2D eigenvalue weighted by atomic mass is 9.85. The molecule has 0 aliphatic rings. The highest BCUT2D eigenvalue weighted by atomic mass is 16.4. The molecule has 0 aliphatic carbocycles. The molecule has 0 fully saturated rings. The highest BCUT2D eigenvalue weighted by Crippen LogP contribution is 2.21. The van der Waals surface area contributed by atoms with Crippen LogP contribution in [0.25, 0.3) is 0 Å². The van der Waals surface area contributed by atoms with Crippen LogP contribution in [0, 0.1) is 11.3 Å². The second-order valence-corrected chi connectivity index (χ2v) is 6.78. The van der Waals surface area contributed by atoms with Gasteiger partial charge in [-0.2, -0.15) is 0 Å². The van der Waals surface area contributed by atoms with E-state index in [2.05, 4.69) is 24.5 Å². The fraction of sp³-hybridized carbons (Fsp3) is 0.867. The minimum absolute atomic E-state index is 0.0728. The fourth-order valence-corrected chi connectivity index (χ4v) is 2.00. The summed E-state index contributed by atoms with van der Waals surface area (Å²) in [6.45, 7) is 12.0. The summed E-state index contributed by atoms with van der Waals surface area (Å²) in [5.74, 6) is -0.347. The fourth-order valence-electron chi connectivity index (χ4n) is 2.00. The Bertz CT molecular complexity index is 324. The van der Waals surface area contributed by atoms with Gasteiger partial charge < -0.3 is 15.7 Å². The van der Waals surface area contributed by atoms with Gasteiger partial charge >= 0.3 is 12.0 Å². The molecule has 0 aromatic carbocycles. The predicted octanol–water partition coefficient (Wildman–Crippen LogP) is 3.00. The molecule has 0 heterocycles. The molecule has 3 N–H and O–H groups in total. The predicted molar refractivity (Wildman–Crippen MR) is 80.7 cm³/mol. The molecule has 5 heteroatoms. The van der Waals surface area contributed by atoms with E-state index >= 15 is 0 Å². The van der Waals surface area contributed by atoms with Crippen molar-refractivity contribution in [2.45, 2.75) is 72.9 Å². The average molecular weight is 286 g/mol. The summed E-state index contributed by atoms with van der Waals surface area (Å²) in [7, 11) is 0. The Hall–Kier alpha value is -1.26. The van der Waals surface area contributed by atoms with Crippen LogP contribution in [0.5, 0.6) is 0 Å². The second kappa shape index (κ2) is 8.12. The maximum absolute atomic E-state index is 11.9. The van der Waals surface area contributed by atoms with Crippen molar-refractivity contribution >= 4 is 12.0 Å². The molecule has 118 valence electrons. The highest BCUT2D eigenvalue weighted by Gasteiger charge is 2.28. The highest BCUT2D eigenvalue weighted by molar-refractivity contribution is 5.76. The van der Waals surface area contributed by atoms with Crippen LogP contribution in [-0.2, 0) is 4.79 Å². The van der Waals surface area contributed by atoms with Crippen molar-refractivity contribution in [3.63, 3.8) is 0 Å². The number of carboxylic acids is 1. The maximum Gasteiger partial charge on any atom is 0.315 e. The van der Waals surface area contributed by atoms with Crippen LogP contribution >= 0.6 is 0 Å². The van der Waals surface area contributed by atoms with E-state index < -0.39 is 12.0 Å².